The van der Waals surface area contributed by atoms with Crippen molar-refractivity contribution in [2.45, 2.75) is 78.0 Å². The van der Waals surface area contributed by atoms with Crippen molar-refractivity contribution in [1.29, 1.82) is 0 Å². The standard InChI is InChI=1S/C12H28NP2/c1-9(2)14(10(3)4)13-15(11(5)6)12(7)8/h9-12H,1-8H3. The second-order valence-corrected chi connectivity index (χ2v) is 11.6. The average Bonchev–Trinajstić information content (AvgIpc) is 2.01. The minimum Gasteiger partial charge on any atom is -0.191 e. The van der Waals surface area contributed by atoms with Crippen LogP contribution in [0.15, 0.2) is 0 Å². The molecule has 0 aliphatic carbocycles. The van der Waals surface area contributed by atoms with Crippen LogP contribution in [0.2, 0.25) is 0 Å². The molecule has 0 heterocycles. The zero-order chi connectivity index (χ0) is 12.2. The first kappa shape index (κ1) is 15.8. The van der Waals surface area contributed by atoms with Crippen LogP contribution >= 0.6 is 16.1 Å². The fourth-order valence-electron chi connectivity index (χ4n) is 1.72. The molecule has 1 radical (unpaired) electrons. The lowest BCUT2D eigenvalue weighted by atomic mass is 10.5. The highest BCUT2D eigenvalue weighted by atomic mass is 31.2. The Labute approximate surface area is 99.4 Å². The summed E-state index contributed by atoms with van der Waals surface area (Å²) < 4.78 is 0. The van der Waals surface area contributed by atoms with Crippen LogP contribution < -0.4 is 4.86 Å². The molecule has 0 aromatic heterocycles. The Morgan fingerprint density at radius 2 is 0.733 bits per heavy atom. The Kier molecular flexibility index (Phi) is 7.60. The molecule has 0 spiro atoms. The molecule has 0 atom stereocenters. The molecule has 0 fully saturated rings. The fourth-order valence-corrected chi connectivity index (χ4v) is 8.37. The van der Waals surface area contributed by atoms with Crippen molar-refractivity contribution >= 4 is 16.1 Å². The van der Waals surface area contributed by atoms with E-state index in [9.17, 15) is 0 Å². The lowest BCUT2D eigenvalue weighted by molar-refractivity contribution is 0.963. The van der Waals surface area contributed by atoms with Crippen molar-refractivity contribution in [2.75, 3.05) is 0 Å². The summed E-state index contributed by atoms with van der Waals surface area (Å²) in [5.41, 5.74) is 2.95. The van der Waals surface area contributed by atoms with Crippen LogP contribution in [0.25, 0.3) is 0 Å². The van der Waals surface area contributed by atoms with Gasteiger partial charge in [-0.05, 0) is 38.8 Å². The van der Waals surface area contributed by atoms with Gasteiger partial charge < -0.3 is 0 Å². The minimum atomic E-state index is -0.129. The van der Waals surface area contributed by atoms with E-state index in [1.165, 1.54) is 0 Å². The van der Waals surface area contributed by atoms with Crippen molar-refractivity contribution < 1.29 is 0 Å². The SMILES string of the molecule is CC(C)P([N]P(C(C)C)C(C)C)C(C)C. The summed E-state index contributed by atoms with van der Waals surface area (Å²) in [4.78, 5) is 5.20. The molecule has 0 bridgehead atoms. The Morgan fingerprint density at radius 3 is 0.867 bits per heavy atom. The second kappa shape index (κ2) is 7.21. The Morgan fingerprint density at radius 1 is 0.533 bits per heavy atom. The molecule has 0 rings (SSSR count). The van der Waals surface area contributed by atoms with E-state index in [0.29, 0.717) is 0 Å². The molecular weight excluding hydrogens is 220 g/mol. The van der Waals surface area contributed by atoms with Crippen LogP contribution in [0.4, 0.5) is 0 Å². The minimum absolute atomic E-state index is 0.129. The van der Waals surface area contributed by atoms with Gasteiger partial charge >= 0.3 is 0 Å². The number of nitrogens with zero attached hydrogens (tertiary/aromatic N) is 1. The quantitative estimate of drug-likeness (QED) is 0.586. The van der Waals surface area contributed by atoms with Gasteiger partial charge in [-0.1, -0.05) is 55.4 Å². The van der Waals surface area contributed by atoms with Gasteiger partial charge in [-0.2, -0.15) is 4.86 Å². The van der Waals surface area contributed by atoms with Gasteiger partial charge in [0.1, 0.15) is 0 Å². The average molecular weight is 248 g/mol. The zero-order valence-electron chi connectivity index (χ0n) is 11.7. The van der Waals surface area contributed by atoms with E-state index in [4.69, 9.17) is 4.86 Å². The van der Waals surface area contributed by atoms with E-state index in [2.05, 4.69) is 55.4 Å². The third kappa shape index (κ3) is 5.62. The van der Waals surface area contributed by atoms with Gasteiger partial charge in [0, 0.05) is 0 Å². The summed E-state index contributed by atoms with van der Waals surface area (Å²) in [6.45, 7) is 18.6. The predicted molar refractivity (Wildman–Crippen MR) is 76.5 cm³/mol. The van der Waals surface area contributed by atoms with Crippen LogP contribution in [-0.2, 0) is 0 Å². The molecule has 0 aliphatic rings. The van der Waals surface area contributed by atoms with E-state index in [-0.39, 0.29) is 16.1 Å². The number of hydrogen-bond acceptors (Lipinski definition) is 0. The van der Waals surface area contributed by atoms with Crippen molar-refractivity contribution in [2.24, 2.45) is 0 Å². The van der Waals surface area contributed by atoms with Gasteiger partial charge in [-0.3, -0.25) is 0 Å². The largest absolute Gasteiger partial charge is 0.191 e. The number of rotatable bonds is 6. The van der Waals surface area contributed by atoms with Gasteiger partial charge in [0.05, 0.1) is 0 Å². The second-order valence-electron chi connectivity index (χ2n) is 5.22. The van der Waals surface area contributed by atoms with Gasteiger partial charge in [0.25, 0.3) is 0 Å². The molecule has 91 valence electrons. The lowest BCUT2D eigenvalue weighted by Crippen LogP contribution is -2.16. The van der Waals surface area contributed by atoms with Crippen molar-refractivity contribution in [3.63, 3.8) is 0 Å². The van der Waals surface area contributed by atoms with E-state index in [1.54, 1.807) is 0 Å². The lowest BCUT2D eigenvalue weighted by Gasteiger charge is -2.33. The van der Waals surface area contributed by atoms with Crippen LogP contribution in [0.1, 0.15) is 55.4 Å². The van der Waals surface area contributed by atoms with Crippen LogP contribution in [0.3, 0.4) is 0 Å². The molecular formula is C12H28NP2. The number of hydrogen-bond donors (Lipinski definition) is 0. The van der Waals surface area contributed by atoms with Gasteiger partial charge in [0.2, 0.25) is 0 Å². The van der Waals surface area contributed by atoms with E-state index in [1.807, 2.05) is 0 Å². The Balaban J connectivity index is 4.48. The molecule has 0 amide bonds. The fraction of sp³-hybridized carbons (Fsp3) is 1.00. The van der Waals surface area contributed by atoms with Crippen molar-refractivity contribution in [1.82, 2.24) is 4.86 Å². The van der Waals surface area contributed by atoms with Gasteiger partial charge in [0.15, 0.2) is 0 Å². The first-order valence-corrected chi connectivity index (χ1v) is 8.92. The van der Waals surface area contributed by atoms with Gasteiger partial charge in [-0.15, -0.1) is 0 Å². The van der Waals surface area contributed by atoms with Crippen molar-refractivity contribution in [3.8, 4) is 0 Å². The smallest absolute Gasteiger partial charge is 0.00812 e. The van der Waals surface area contributed by atoms with E-state index >= 15 is 0 Å². The Bertz CT molecular complexity index is 133. The highest BCUT2D eigenvalue weighted by molar-refractivity contribution is 7.72. The van der Waals surface area contributed by atoms with Gasteiger partial charge in [-0.25, -0.2) is 0 Å². The molecule has 0 saturated carbocycles. The van der Waals surface area contributed by atoms with E-state index < -0.39 is 0 Å². The maximum absolute atomic E-state index is 5.20. The van der Waals surface area contributed by atoms with Crippen LogP contribution in [0.5, 0.6) is 0 Å². The summed E-state index contributed by atoms with van der Waals surface area (Å²) in [6, 6.07) is 0. The zero-order valence-corrected chi connectivity index (χ0v) is 13.4. The van der Waals surface area contributed by atoms with Crippen LogP contribution in [0, 0.1) is 0 Å². The molecule has 0 unspecified atom stereocenters. The molecule has 0 N–H and O–H groups in total. The molecule has 15 heavy (non-hydrogen) atoms. The third-order valence-electron chi connectivity index (χ3n) is 2.32. The maximum Gasteiger partial charge on any atom is -0.00812 e. The normalized spacial score (nSPS) is 13.2. The van der Waals surface area contributed by atoms with Crippen molar-refractivity contribution in [3.05, 3.63) is 0 Å². The topological polar surface area (TPSA) is 14.1 Å². The summed E-state index contributed by atoms with van der Waals surface area (Å²) in [5, 5.41) is 0. The highest BCUT2D eigenvalue weighted by Gasteiger charge is 2.26. The summed E-state index contributed by atoms with van der Waals surface area (Å²) in [7, 11) is -0.258. The summed E-state index contributed by atoms with van der Waals surface area (Å²) in [6.07, 6.45) is 0. The monoisotopic (exact) mass is 248 g/mol. The third-order valence-corrected chi connectivity index (χ3v) is 8.21. The molecule has 0 aromatic rings. The molecule has 0 aromatic carbocycles. The van der Waals surface area contributed by atoms with Crippen LogP contribution in [-0.4, -0.2) is 22.6 Å². The Hall–Kier alpha value is 0.820. The molecule has 3 heteroatoms. The molecule has 0 saturated heterocycles. The highest BCUT2D eigenvalue weighted by Crippen LogP contribution is 2.56. The first-order valence-electron chi connectivity index (χ1n) is 6.05. The summed E-state index contributed by atoms with van der Waals surface area (Å²) >= 11 is 0. The summed E-state index contributed by atoms with van der Waals surface area (Å²) in [5.74, 6) is 0. The maximum atomic E-state index is 5.20. The predicted octanol–water partition coefficient (Wildman–Crippen LogP) is 5.02. The van der Waals surface area contributed by atoms with E-state index in [0.717, 1.165) is 22.6 Å². The first-order chi connectivity index (χ1) is 6.77. The molecule has 1 nitrogen and oxygen atoms in total. The molecule has 0 aliphatic heterocycles.